The van der Waals surface area contributed by atoms with Crippen LogP contribution in [0.4, 0.5) is 0 Å². The van der Waals surface area contributed by atoms with Gasteiger partial charge in [0, 0.05) is 5.54 Å². The molecule has 19 heavy (non-hydrogen) atoms. The Morgan fingerprint density at radius 2 is 1.74 bits per heavy atom. The molecule has 1 rings (SSSR count). The first-order valence-corrected chi connectivity index (χ1v) is 5.72. The molecule has 6 heteroatoms. The molecule has 1 aromatic rings. The van der Waals surface area contributed by atoms with Crippen molar-refractivity contribution in [1.82, 2.24) is 10.7 Å². The van der Waals surface area contributed by atoms with Crippen LogP contribution in [0.15, 0.2) is 29.4 Å². The second kappa shape index (κ2) is 5.99. The molecule has 3 N–H and O–H groups in total. The van der Waals surface area contributed by atoms with E-state index in [1.54, 1.807) is 32.9 Å². The summed E-state index contributed by atoms with van der Waals surface area (Å²) in [5, 5.41) is 15.3. The first-order chi connectivity index (χ1) is 8.78. The number of rotatable bonds is 2. The van der Waals surface area contributed by atoms with Gasteiger partial charge in [-0.1, -0.05) is 0 Å². The summed E-state index contributed by atoms with van der Waals surface area (Å²) < 4.78 is 0. The predicted molar refractivity (Wildman–Crippen MR) is 71.7 cm³/mol. The Bertz CT molecular complexity index is 487. The van der Waals surface area contributed by atoms with Gasteiger partial charge in [0.1, 0.15) is 5.75 Å². The smallest absolute Gasteiger partial charge is 0.329 e. The number of hydrogen-bond acceptors (Lipinski definition) is 4. The van der Waals surface area contributed by atoms with E-state index >= 15 is 0 Å². The lowest BCUT2D eigenvalue weighted by molar-refractivity contribution is -0.140. The minimum absolute atomic E-state index is 0.144. The summed E-state index contributed by atoms with van der Waals surface area (Å²) in [6.45, 7) is 5.33. The molecular formula is C13H17N3O3. The third-order valence-corrected chi connectivity index (χ3v) is 1.97. The number of amides is 2. The van der Waals surface area contributed by atoms with E-state index < -0.39 is 17.4 Å². The van der Waals surface area contributed by atoms with Crippen molar-refractivity contribution >= 4 is 18.0 Å². The van der Waals surface area contributed by atoms with Crippen LogP contribution in [0.5, 0.6) is 5.75 Å². The summed E-state index contributed by atoms with van der Waals surface area (Å²) in [6.07, 6.45) is 1.38. The van der Waals surface area contributed by atoms with Crippen molar-refractivity contribution in [1.29, 1.82) is 0 Å². The maximum absolute atomic E-state index is 11.4. The third kappa shape index (κ3) is 5.67. The SMILES string of the molecule is CC(C)(C)NC(=O)C(=O)NN=Cc1ccc(O)cc1. The monoisotopic (exact) mass is 263 g/mol. The third-order valence-electron chi connectivity index (χ3n) is 1.97. The number of nitrogens with one attached hydrogen (secondary N) is 2. The lowest BCUT2D eigenvalue weighted by Crippen LogP contribution is -2.47. The van der Waals surface area contributed by atoms with E-state index in [4.69, 9.17) is 5.11 Å². The zero-order valence-corrected chi connectivity index (χ0v) is 11.1. The molecule has 0 aromatic heterocycles. The molecule has 0 aliphatic carbocycles. The highest BCUT2D eigenvalue weighted by atomic mass is 16.3. The number of aromatic hydroxyl groups is 1. The van der Waals surface area contributed by atoms with Gasteiger partial charge < -0.3 is 10.4 Å². The van der Waals surface area contributed by atoms with Crippen LogP contribution < -0.4 is 10.7 Å². The second-order valence-corrected chi connectivity index (χ2v) is 4.99. The van der Waals surface area contributed by atoms with Gasteiger partial charge in [-0.2, -0.15) is 5.10 Å². The lowest BCUT2D eigenvalue weighted by Gasteiger charge is -2.19. The van der Waals surface area contributed by atoms with Gasteiger partial charge in [0.25, 0.3) is 0 Å². The van der Waals surface area contributed by atoms with Crippen molar-refractivity contribution in [3.8, 4) is 5.75 Å². The largest absolute Gasteiger partial charge is 0.508 e. The summed E-state index contributed by atoms with van der Waals surface area (Å²) in [5.74, 6) is -1.42. The Kier molecular flexibility index (Phi) is 4.63. The van der Waals surface area contributed by atoms with E-state index in [-0.39, 0.29) is 5.75 Å². The zero-order valence-electron chi connectivity index (χ0n) is 11.1. The van der Waals surface area contributed by atoms with Crippen molar-refractivity contribution < 1.29 is 14.7 Å². The van der Waals surface area contributed by atoms with Crippen molar-refractivity contribution in [2.75, 3.05) is 0 Å². The highest BCUT2D eigenvalue weighted by Gasteiger charge is 2.19. The molecule has 6 nitrogen and oxygen atoms in total. The van der Waals surface area contributed by atoms with Crippen LogP contribution in [-0.4, -0.2) is 28.7 Å². The Labute approximate surface area is 111 Å². The normalized spacial score (nSPS) is 11.3. The molecule has 0 bridgehead atoms. The topological polar surface area (TPSA) is 90.8 Å². The average molecular weight is 263 g/mol. The minimum Gasteiger partial charge on any atom is -0.508 e. The Balaban J connectivity index is 2.50. The van der Waals surface area contributed by atoms with E-state index in [1.165, 1.54) is 18.3 Å². The molecule has 0 atom stereocenters. The van der Waals surface area contributed by atoms with Crippen molar-refractivity contribution in [2.24, 2.45) is 5.10 Å². The van der Waals surface area contributed by atoms with Crippen LogP contribution in [-0.2, 0) is 9.59 Å². The lowest BCUT2D eigenvalue weighted by atomic mass is 10.1. The van der Waals surface area contributed by atoms with Crippen LogP contribution in [0.1, 0.15) is 26.3 Å². The van der Waals surface area contributed by atoms with Crippen LogP contribution >= 0.6 is 0 Å². The Hall–Kier alpha value is -2.37. The summed E-state index contributed by atoms with van der Waals surface area (Å²) in [7, 11) is 0. The van der Waals surface area contributed by atoms with E-state index in [0.717, 1.165) is 0 Å². The predicted octanol–water partition coefficient (Wildman–Crippen LogP) is 0.757. The molecule has 2 amide bonds. The molecule has 102 valence electrons. The molecule has 1 aromatic carbocycles. The van der Waals surface area contributed by atoms with Gasteiger partial charge in [-0.05, 0) is 50.6 Å². The van der Waals surface area contributed by atoms with E-state index in [1.807, 2.05) is 0 Å². The van der Waals surface area contributed by atoms with Gasteiger partial charge in [-0.25, -0.2) is 5.43 Å². The standard InChI is InChI=1S/C13H17N3O3/c1-13(2,3)15-11(18)12(19)16-14-8-9-4-6-10(17)7-5-9/h4-8,17H,1-3H3,(H,15,18)(H,16,19). The summed E-state index contributed by atoms with van der Waals surface area (Å²) in [6, 6.07) is 6.24. The molecule has 0 spiro atoms. The van der Waals surface area contributed by atoms with Crippen molar-refractivity contribution in [2.45, 2.75) is 26.3 Å². The van der Waals surface area contributed by atoms with Crippen molar-refractivity contribution in [3.05, 3.63) is 29.8 Å². The van der Waals surface area contributed by atoms with Crippen LogP contribution in [0.2, 0.25) is 0 Å². The van der Waals surface area contributed by atoms with Gasteiger partial charge in [0.15, 0.2) is 0 Å². The molecule has 0 aliphatic heterocycles. The first-order valence-electron chi connectivity index (χ1n) is 5.72. The molecule has 0 radical (unpaired) electrons. The molecular weight excluding hydrogens is 246 g/mol. The summed E-state index contributed by atoms with van der Waals surface area (Å²) >= 11 is 0. The number of nitrogens with zero attached hydrogens (tertiary/aromatic N) is 1. The van der Waals surface area contributed by atoms with Crippen LogP contribution in [0.25, 0.3) is 0 Å². The summed E-state index contributed by atoms with van der Waals surface area (Å²) in [4.78, 5) is 22.8. The fraction of sp³-hybridized carbons (Fsp3) is 0.308. The average Bonchev–Trinajstić information content (AvgIpc) is 2.29. The highest BCUT2D eigenvalue weighted by Crippen LogP contribution is 2.07. The van der Waals surface area contributed by atoms with Gasteiger partial charge >= 0.3 is 11.8 Å². The summed E-state index contributed by atoms with van der Waals surface area (Å²) in [5.41, 5.74) is 2.34. The second-order valence-electron chi connectivity index (χ2n) is 4.99. The molecule has 0 unspecified atom stereocenters. The zero-order chi connectivity index (χ0) is 14.5. The van der Waals surface area contributed by atoms with Gasteiger partial charge in [-0.15, -0.1) is 0 Å². The first kappa shape index (κ1) is 14.7. The Morgan fingerprint density at radius 3 is 2.26 bits per heavy atom. The maximum Gasteiger partial charge on any atom is 0.329 e. The number of benzene rings is 1. The number of carbonyl (C=O) groups is 2. The van der Waals surface area contributed by atoms with Crippen molar-refractivity contribution in [3.63, 3.8) is 0 Å². The molecule has 0 saturated carbocycles. The molecule has 0 saturated heterocycles. The van der Waals surface area contributed by atoms with E-state index in [2.05, 4.69) is 15.8 Å². The highest BCUT2D eigenvalue weighted by molar-refractivity contribution is 6.35. The number of phenols is 1. The fourth-order valence-electron chi connectivity index (χ4n) is 1.17. The Morgan fingerprint density at radius 1 is 1.16 bits per heavy atom. The van der Waals surface area contributed by atoms with E-state index in [9.17, 15) is 9.59 Å². The van der Waals surface area contributed by atoms with Gasteiger partial charge in [0.05, 0.1) is 6.21 Å². The van der Waals surface area contributed by atoms with E-state index in [0.29, 0.717) is 5.56 Å². The number of hydrogen-bond donors (Lipinski definition) is 3. The van der Waals surface area contributed by atoms with Gasteiger partial charge in [0.2, 0.25) is 0 Å². The van der Waals surface area contributed by atoms with Gasteiger partial charge in [-0.3, -0.25) is 9.59 Å². The minimum atomic E-state index is -0.829. The molecule has 0 aliphatic rings. The number of phenolic OH excluding ortho intramolecular Hbond substituents is 1. The number of hydrazone groups is 1. The quantitative estimate of drug-likeness (QED) is 0.418. The number of carbonyl (C=O) groups excluding carboxylic acids is 2. The maximum atomic E-state index is 11.4. The van der Waals surface area contributed by atoms with Crippen LogP contribution in [0, 0.1) is 0 Å². The molecule has 0 heterocycles. The van der Waals surface area contributed by atoms with Crippen LogP contribution in [0.3, 0.4) is 0 Å². The molecule has 0 fully saturated rings. The fourth-order valence-corrected chi connectivity index (χ4v) is 1.17.